The van der Waals surface area contributed by atoms with Crippen molar-refractivity contribution in [3.63, 3.8) is 0 Å². The summed E-state index contributed by atoms with van der Waals surface area (Å²) < 4.78 is 5.34. The van der Waals surface area contributed by atoms with Crippen LogP contribution in [-0.2, 0) is 11.2 Å². The van der Waals surface area contributed by atoms with Crippen molar-refractivity contribution in [1.82, 2.24) is 9.97 Å². The fourth-order valence-electron chi connectivity index (χ4n) is 1.78. The quantitative estimate of drug-likeness (QED) is 0.812. The lowest BCUT2D eigenvalue weighted by Crippen LogP contribution is -2.09. The molecule has 1 atom stereocenters. The van der Waals surface area contributed by atoms with E-state index in [2.05, 4.69) is 22.2 Å². The van der Waals surface area contributed by atoms with E-state index in [-0.39, 0.29) is 0 Å². The average Bonchev–Trinajstić information content (AvgIpc) is 2.71. The zero-order valence-electron chi connectivity index (χ0n) is 9.07. The van der Waals surface area contributed by atoms with Gasteiger partial charge in [-0.25, -0.2) is 9.97 Å². The highest BCUT2D eigenvalue weighted by Crippen LogP contribution is 2.16. The van der Waals surface area contributed by atoms with E-state index in [1.165, 1.54) is 0 Å². The lowest BCUT2D eigenvalue weighted by atomic mass is 10.1. The Kier molecular flexibility index (Phi) is 3.50. The fourth-order valence-corrected chi connectivity index (χ4v) is 1.78. The Morgan fingerprint density at radius 3 is 3.27 bits per heavy atom. The van der Waals surface area contributed by atoms with Crippen LogP contribution in [0.4, 0.5) is 5.82 Å². The molecular formula is C11H17N3O. The molecular weight excluding hydrogens is 190 g/mol. The maximum Gasteiger partial charge on any atom is 0.131 e. The lowest BCUT2D eigenvalue weighted by Gasteiger charge is -2.07. The molecule has 2 rings (SSSR count). The maximum atomic E-state index is 5.34. The van der Waals surface area contributed by atoms with Crippen LogP contribution < -0.4 is 5.32 Å². The Bertz CT molecular complexity index is 310. The van der Waals surface area contributed by atoms with E-state index in [1.807, 2.05) is 12.3 Å². The van der Waals surface area contributed by atoms with Gasteiger partial charge in [0.05, 0.1) is 0 Å². The Morgan fingerprint density at radius 2 is 2.53 bits per heavy atom. The summed E-state index contributed by atoms with van der Waals surface area (Å²) in [5.41, 5.74) is 0. The van der Waals surface area contributed by atoms with Crippen LogP contribution >= 0.6 is 0 Å². The molecule has 1 aromatic heterocycles. The standard InChI is InChI=1S/C11H17N3O/c1-2-12-10-3-5-13-11(14-10)7-9-4-6-15-8-9/h3,5,9H,2,4,6-8H2,1H3,(H,12,13,14). The topological polar surface area (TPSA) is 47.0 Å². The van der Waals surface area contributed by atoms with Gasteiger partial charge in [0.1, 0.15) is 11.6 Å². The second-order valence-electron chi connectivity index (χ2n) is 3.82. The minimum absolute atomic E-state index is 0.599. The van der Waals surface area contributed by atoms with Gasteiger partial charge in [-0.1, -0.05) is 0 Å². The van der Waals surface area contributed by atoms with Gasteiger partial charge in [0.25, 0.3) is 0 Å². The van der Waals surface area contributed by atoms with Crippen molar-refractivity contribution >= 4 is 5.82 Å². The molecule has 15 heavy (non-hydrogen) atoms. The van der Waals surface area contributed by atoms with Gasteiger partial charge in [-0.05, 0) is 25.3 Å². The summed E-state index contributed by atoms with van der Waals surface area (Å²) >= 11 is 0. The predicted octanol–water partition coefficient (Wildman–Crippen LogP) is 1.49. The smallest absolute Gasteiger partial charge is 0.131 e. The second-order valence-corrected chi connectivity index (χ2v) is 3.82. The number of nitrogens with one attached hydrogen (secondary N) is 1. The normalized spacial score (nSPS) is 20.5. The van der Waals surface area contributed by atoms with E-state index in [4.69, 9.17) is 4.74 Å². The Morgan fingerprint density at radius 1 is 1.60 bits per heavy atom. The summed E-state index contributed by atoms with van der Waals surface area (Å²) in [4.78, 5) is 8.73. The number of hydrogen-bond acceptors (Lipinski definition) is 4. The molecule has 4 nitrogen and oxygen atoms in total. The number of anilines is 1. The van der Waals surface area contributed by atoms with Crippen LogP contribution in [0, 0.1) is 5.92 Å². The van der Waals surface area contributed by atoms with Crippen LogP contribution in [0.1, 0.15) is 19.2 Å². The van der Waals surface area contributed by atoms with Crippen LogP contribution in [0.5, 0.6) is 0 Å². The largest absolute Gasteiger partial charge is 0.381 e. The first-order valence-electron chi connectivity index (χ1n) is 5.52. The zero-order valence-corrected chi connectivity index (χ0v) is 9.07. The Labute approximate surface area is 90.1 Å². The predicted molar refractivity (Wildman–Crippen MR) is 58.8 cm³/mol. The number of ether oxygens (including phenoxy) is 1. The molecule has 0 spiro atoms. The number of nitrogens with zero attached hydrogens (tertiary/aromatic N) is 2. The van der Waals surface area contributed by atoms with Gasteiger partial charge in [-0.2, -0.15) is 0 Å². The van der Waals surface area contributed by atoms with E-state index < -0.39 is 0 Å². The molecule has 1 unspecified atom stereocenters. The molecule has 0 bridgehead atoms. The van der Waals surface area contributed by atoms with E-state index in [1.54, 1.807) is 0 Å². The minimum Gasteiger partial charge on any atom is -0.381 e. The molecule has 0 aliphatic carbocycles. The third kappa shape index (κ3) is 2.89. The molecule has 82 valence electrons. The molecule has 0 amide bonds. The van der Waals surface area contributed by atoms with E-state index in [0.29, 0.717) is 5.92 Å². The molecule has 0 radical (unpaired) electrons. The minimum atomic E-state index is 0.599. The number of hydrogen-bond donors (Lipinski definition) is 1. The molecule has 1 aromatic rings. The highest BCUT2D eigenvalue weighted by Gasteiger charge is 2.17. The lowest BCUT2D eigenvalue weighted by molar-refractivity contribution is 0.185. The highest BCUT2D eigenvalue weighted by molar-refractivity contribution is 5.32. The van der Waals surface area contributed by atoms with Gasteiger partial charge >= 0.3 is 0 Å². The van der Waals surface area contributed by atoms with Crippen molar-refractivity contribution in [2.75, 3.05) is 25.1 Å². The molecule has 1 fully saturated rings. The van der Waals surface area contributed by atoms with Gasteiger partial charge in [-0.3, -0.25) is 0 Å². The molecule has 0 aromatic carbocycles. The summed E-state index contributed by atoms with van der Waals surface area (Å²) in [6.45, 7) is 4.70. The Hall–Kier alpha value is -1.16. The van der Waals surface area contributed by atoms with Crippen molar-refractivity contribution in [3.05, 3.63) is 18.1 Å². The van der Waals surface area contributed by atoms with Crippen molar-refractivity contribution in [2.24, 2.45) is 5.92 Å². The zero-order chi connectivity index (χ0) is 10.5. The molecule has 1 aliphatic heterocycles. The van der Waals surface area contributed by atoms with Crippen LogP contribution in [0.3, 0.4) is 0 Å². The van der Waals surface area contributed by atoms with E-state index in [9.17, 15) is 0 Å². The number of rotatable bonds is 4. The molecule has 1 aliphatic rings. The summed E-state index contributed by atoms with van der Waals surface area (Å²) in [6, 6.07) is 1.90. The van der Waals surface area contributed by atoms with E-state index >= 15 is 0 Å². The molecule has 1 saturated heterocycles. The van der Waals surface area contributed by atoms with Crippen LogP contribution in [0.25, 0.3) is 0 Å². The van der Waals surface area contributed by atoms with Crippen molar-refractivity contribution in [3.8, 4) is 0 Å². The third-order valence-electron chi connectivity index (χ3n) is 2.56. The van der Waals surface area contributed by atoms with Gasteiger partial charge in [0.15, 0.2) is 0 Å². The monoisotopic (exact) mass is 207 g/mol. The van der Waals surface area contributed by atoms with Gasteiger partial charge in [-0.15, -0.1) is 0 Å². The fraction of sp³-hybridized carbons (Fsp3) is 0.636. The summed E-state index contributed by atoms with van der Waals surface area (Å²) in [7, 11) is 0. The van der Waals surface area contributed by atoms with Crippen LogP contribution in [-0.4, -0.2) is 29.7 Å². The molecule has 0 saturated carbocycles. The van der Waals surface area contributed by atoms with Crippen LogP contribution in [0.2, 0.25) is 0 Å². The third-order valence-corrected chi connectivity index (χ3v) is 2.56. The number of aromatic nitrogens is 2. The summed E-state index contributed by atoms with van der Waals surface area (Å²) in [5, 5.41) is 3.19. The summed E-state index contributed by atoms with van der Waals surface area (Å²) in [6.07, 6.45) is 3.88. The van der Waals surface area contributed by atoms with Crippen LogP contribution in [0.15, 0.2) is 12.3 Å². The highest BCUT2D eigenvalue weighted by atomic mass is 16.5. The van der Waals surface area contributed by atoms with E-state index in [0.717, 1.165) is 44.2 Å². The SMILES string of the molecule is CCNc1ccnc(CC2CCOC2)n1. The van der Waals surface area contributed by atoms with Crippen molar-refractivity contribution < 1.29 is 4.74 Å². The molecule has 1 N–H and O–H groups in total. The Balaban J connectivity index is 1.97. The molecule has 2 heterocycles. The maximum absolute atomic E-state index is 5.34. The second kappa shape index (κ2) is 5.07. The van der Waals surface area contributed by atoms with Gasteiger partial charge < -0.3 is 10.1 Å². The van der Waals surface area contributed by atoms with Gasteiger partial charge in [0, 0.05) is 32.4 Å². The molecule has 4 heteroatoms. The van der Waals surface area contributed by atoms with Crippen molar-refractivity contribution in [1.29, 1.82) is 0 Å². The first-order chi connectivity index (χ1) is 7.38. The average molecular weight is 207 g/mol. The summed E-state index contributed by atoms with van der Waals surface area (Å²) in [5.74, 6) is 2.44. The van der Waals surface area contributed by atoms with Crippen molar-refractivity contribution in [2.45, 2.75) is 19.8 Å². The first-order valence-corrected chi connectivity index (χ1v) is 5.52. The first kappa shape index (κ1) is 10.4. The van der Waals surface area contributed by atoms with Gasteiger partial charge in [0.2, 0.25) is 0 Å².